The Bertz CT molecular complexity index is 1450. The van der Waals surface area contributed by atoms with Crippen molar-refractivity contribution in [2.75, 3.05) is 5.75 Å². The maximum atomic E-state index is 12.9. The molecule has 1 amide bonds. The number of nitrogens with zero attached hydrogens (tertiary/aromatic N) is 1. The number of hydrogen-bond acceptors (Lipinski definition) is 4. The molecule has 6 nitrogen and oxygen atoms in total. The summed E-state index contributed by atoms with van der Waals surface area (Å²) in [6, 6.07) is 18.5. The highest BCUT2D eigenvalue weighted by Crippen LogP contribution is 2.33. The van der Waals surface area contributed by atoms with Gasteiger partial charge in [-0.3, -0.25) is 4.79 Å². The topological polar surface area (TPSA) is 77.4 Å². The maximum Gasteiger partial charge on any atom is 0.251 e. The zero-order chi connectivity index (χ0) is 24.5. The van der Waals surface area contributed by atoms with E-state index in [-0.39, 0.29) is 17.8 Å². The molecule has 0 aliphatic heterocycles. The second kappa shape index (κ2) is 9.50. The zero-order valence-electron chi connectivity index (χ0n) is 20.0. The van der Waals surface area contributed by atoms with Crippen molar-refractivity contribution in [3.05, 3.63) is 71.8 Å². The summed E-state index contributed by atoms with van der Waals surface area (Å²) >= 11 is 0. The standard InChI is InChI=1S/C27H30N2O4S/c1-5-29-25-13-9-20(15-23(25)24-16-21(33-18(3)4)10-14-26(24)29)27(30)28-17-19-7-11-22(12-8-19)34(31,32)6-2/h7-16,18H,5-6,17H2,1-4H3,(H,28,30). The highest BCUT2D eigenvalue weighted by Gasteiger charge is 2.15. The summed E-state index contributed by atoms with van der Waals surface area (Å²) in [4.78, 5) is 13.2. The Labute approximate surface area is 200 Å². The molecule has 178 valence electrons. The van der Waals surface area contributed by atoms with Gasteiger partial charge in [-0.25, -0.2) is 8.42 Å². The number of benzene rings is 3. The maximum absolute atomic E-state index is 12.9. The Kier molecular flexibility index (Phi) is 6.66. The minimum absolute atomic E-state index is 0.0606. The Balaban J connectivity index is 1.60. The van der Waals surface area contributed by atoms with Crippen molar-refractivity contribution in [1.82, 2.24) is 9.88 Å². The van der Waals surface area contributed by atoms with E-state index in [1.165, 1.54) is 0 Å². The van der Waals surface area contributed by atoms with E-state index in [1.807, 2.05) is 44.2 Å². The molecule has 0 fully saturated rings. The lowest BCUT2D eigenvalue weighted by Crippen LogP contribution is -2.22. The number of hydrogen-bond donors (Lipinski definition) is 1. The summed E-state index contributed by atoms with van der Waals surface area (Å²) in [7, 11) is -3.24. The molecule has 1 aromatic heterocycles. The van der Waals surface area contributed by atoms with Crippen LogP contribution in [0.4, 0.5) is 0 Å². The average molecular weight is 479 g/mol. The van der Waals surface area contributed by atoms with E-state index >= 15 is 0 Å². The summed E-state index contributed by atoms with van der Waals surface area (Å²) in [5, 5.41) is 5.00. The number of aryl methyl sites for hydroxylation is 1. The van der Waals surface area contributed by atoms with E-state index in [9.17, 15) is 13.2 Å². The monoisotopic (exact) mass is 478 g/mol. The quantitative estimate of drug-likeness (QED) is 0.372. The van der Waals surface area contributed by atoms with Gasteiger partial charge in [-0.2, -0.15) is 0 Å². The van der Waals surface area contributed by atoms with Crippen LogP contribution in [0, 0.1) is 0 Å². The molecule has 4 rings (SSSR count). The molecule has 7 heteroatoms. The average Bonchev–Trinajstić information content (AvgIpc) is 3.14. The van der Waals surface area contributed by atoms with Gasteiger partial charge in [-0.05, 0) is 74.9 Å². The molecule has 0 saturated carbocycles. The molecule has 0 radical (unpaired) electrons. The number of rotatable bonds is 8. The lowest BCUT2D eigenvalue weighted by Gasteiger charge is -2.10. The van der Waals surface area contributed by atoms with E-state index < -0.39 is 9.84 Å². The molecule has 4 aromatic rings. The lowest BCUT2D eigenvalue weighted by atomic mass is 10.1. The number of ether oxygens (including phenoxy) is 1. The van der Waals surface area contributed by atoms with Crippen molar-refractivity contribution in [2.24, 2.45) is 0 Å². The second-order valence-corrected chi connectivity index (χ2v) is 10.8. The van der Waals surface area contributed by atoms with Crippen LogP contribution in [0.5, 0.6) is 5.75 Å². The van der Waals surface area contributed by atoms with Crippen LogP contribution >= 0.6 is 0 Å². The Morgan fingerprint density at radius 2 is 1.59 bits per heavy atom. The third-order valence-electron chi connectivity index (χ3n) is 5.90. The minimum Gasteiger partial charge on any atom is -0.491 e. The number of carbonyl (C=O) groups excluding carboxylic acids is 1. The Morgan fingerprint density at radius 3 is 2.21 bits per heavy atom. The fourth-order valence-corrected chi connectivity index (χ4v) is 5.06. The number of nitrogens with one attached hydrogen (secondary N) is 1. The summed E-state index contributed by atoms with van der Waals surface area (Å²) in [6.07, 6.45) is 0.0782. The van der Waals surface area contributed by atoms with Crippen LogP contribution in [0.25, 0.3) is 21.8 Å². The second-order valence-electron chi connectivity index (χ2n) is 8.55. The van der Waals surface area contributed by atoms with Crippen molar-refractivity contribution in [3.8, 4) is 5.75 Å². The van der Waals surface area contributed by atoms with E-state index in [1.54, 1.807) is 31.2 Å². The van der Waals surface area contributed by atoms with Gasteiger partial charge in [0.25, 0.3) is 5.91 Å². The number of amides is 1. The molecule has 3 aromatic carbocycles. The number of fused-ring (bicyclic) bond motifs is 3. The molecule has 0 spiro atoms. The predicted molar refractivity (Wildman–Crippen MR) is 136 cm³/mol. The largest absolute Gasteiger partial charge is 0.491 e. The lowest BCUT2D eigenvalue weighted by molar-refractivity contribution is 0.0951. The molecule has 0 saturated heterocycles. The SMILES string of the molecule is CCn1c2ccc(OC(C)C)cc2c2cc(C(=O)NCc3ccc(S(=O)(=O)CC)cc3)ccc21. The molecule has 0 atom stereocenters. The number of carbonyl (C=O) groups is 1. The van der Waals surface area contributed by atoms with Crippen molar-refractivity contribution < 1.29 is 17.9 Å². The molecular formula is C27H30N2O4S. The van der Waals surface area contributed by atoms with Crippen LogP contribution in [0.3, 0.4) is 0 Å². The number of aromatic nitrogens is 1. The van der Waals surface area contributed by atoms with E-state index in [2.05, 4.69) is 22.9 Å². The normalized spacial score (nSPS) is 11.9. The summed E-state index contributed by atoms with van der Waals surface area (Å²) in [5.74, 6) is 0.686. The minimum atomic E-state index is -3.24. The molecule has 0 aliphatic carbocycles. The van der Waals surface area contributed by atoms with Gasteiger partial charge in [0.05, 0.1) is 16.8 Å². The van der Waals surface area contributed by atoms with E-state index in [0.29, 0.717) is 17.0 Å². The Morgan fingerprint density at radius 1 is 0.941 bits per heavy atom. The van der Waals surface area contributed by atoms with Crippen molar-refractivity contribution >= 4 is 37.6 Å². The van der Waals surface area contributed by atoms with Crippen LogP contribution in [0.1, 0.15) is 43.6 Å². The zero-order valence-corrected chi connectivity index (χ0v) is 20.8. The summed E-state index contributed by atoms with van der Waals surface area (Å²) < 4.78 is 32.1. The van der Waals surface area contributed by atoms with Gasteiger partial charge in [0, 0.05) is 40.5 Å². The van der Waals surface area contributed by atoms with Crippen LogP contribution in [-0.4, -0.2) is 30.7 Å². The van der Waals surface area contributed by atoms with E-state index in [0.717, 1.165) is 39.7 Å². The van der Waals surface area contributed by atoms with Gasteiger partial charge in [0.2, 0.25) is 0 Å². The highest BCUT2D eigenvalue weighted by molar-refractivity contribution is 7.91. The third-order valence-corrected chi connectivity index (χ3v) is 7.65. The van der Waals surface area contributed by atoms with Gasteiger partial charge in [0.1, 0.15) is 5.75 Å². The molecule has 0 aliphatic rings. The third kappa shape index (κ3) is 4.66. The van der Waals surface area contributed by atoms with Gasteiger partial charge in [0.15, 0.2) is 9.84 Å². The first kappa shape index (κ1) is 23.8. The first-order valence-corrected chi connectivity index (χ1v) is 13.2. The molecule has 1 heterocycles. The molecule has 0 unspecified atom stereocenters. The van der Waals surface area contributed by atoms with Gasteiger partial charge in [-0.15, -0.1) is 0 Å². The van der Waals surface area contributed by atoms with Crippen molar-refractivity contribution in [1.29, 1.82) is 0 Å². The van der Waals surface area contributed by atoms with Crippen LogP contribution in [-0.2, 0) is 22.9 Å². The van der Waals surface area contributed by atoms with Crippen LogP contribution in [0.2, 0.25) is 0 Å². The van der Waals surface area contributed by atoms with Crippen molar-refractivity contribution in [3.63, 3.8) is 0 Å². The molecule has 34 heavy (non-hydrogen) atoms. The predicted octanol–water partition coefficient (Wildman–Crippen LogP) is 5.33. The smallest absolute Gasteiger partial charge is 0.251 e. The van der Waals surface area contributed by atoms with Crippen molar-refractivity contribution in [2.45, 2.75) is 51.8 Å². The summed E-state index contributed by atoms with van der Waals surface area (Å²) in [5.41, 5.74) is 3.59. The van der Waals surface area contributed by atoms with E-state index in [4.69, 9.17) is 4.74 Å². The highest BCUT2D eigenvalue weighted by atomic mass is 32.2. The molecule has 0 bridgehead atoms. The van der Waals surface area contributed by atoms with Crippen LogP contribution in [0.15, 0.2) is 65.6 Å². The van der Waals surface area contributed by atoms with Gasteiger partial charge >= 0.3 is 0 Å². The van der Waals surface area contributed by atoms with Gasteiger partial charge < -0.3 is 14.6 Å². The fourth-order valence-electron chi connectivity index (χ4n) is 4.18. The van der Waals surface area contributed by atoms with Gasteiger partial charge in [-0.1, -0.05) is 19.1 Å². The summed E-state index contributed by atoms with van der Waals surface area (Å²) in [6.45, 7) is 8.86. The number of sulfone groups is 1. The van der Waals surface area contributed by atoms with Crippen LogP contribution < -0.4 is 10.1 Å². The Hall–Kier alpha value is -3.32. The molecular weight excluding hydrogens is 448 g/mol. The first-order valence-electron chi connectivity index (χ1n) is 11.6. The first-order chi connectivity index (χ1) is 16.2. The fraction of sp³-hybridized carbons (Fsp3) is 0.296. The molecule has 1 N–H and O–H groups in total.